The van der Waals surface area contributed by atoms with Crippen LogP contribution in [0.1, 0.15) is 48.3 Å². The van der Waals surface area contributed by atoms with Crippen molar-refractivity contribution < 1.29 is 14.3 Å². The van der Waals surface area contributed by atoms with E-state index >= 15 is 0 Å². The molecule has 1 aromatic heterocycles. The SMILES string of the molecule is CCCC(C)NC(=O)COC(=O)c1cc2cc(C)ccc2nc1C. The van der Waals surface area contributed by atoms with Gasteiger partial charge in [0, 0.05) is 11.4 Å². The lowest BCUT2D eigenvalue weighted by atomic mass is 10.1. The summed E-state index contributed by atoms with van der Waals surface area (Å²) in [4.78, 5) is 28.5. The van der Waals surface area contributed by atoms with Crippen molar-refractivity contribution in [2.45, 2.75) is 46.6 Å². The first kappa shape index (κ1) is 17.9. The van der Waals surface area contributed by atoms with Crippen molar-refractivity contribution in [2.24, 2.45) is 0 Å². The average molecular weight is 328 g/mol. The van der Waals surface area contributed by atoms with Crippen LogP contribution < -0.4 is 5.32 Å². The standard InChI is InChI=1S/C19H24N2O3/c1-5-6-13(3)20-18(22)11-24-19(23)16-10-15-9-12(2)7-8-17(15)21-14(16)4/h7-10,13H,5-6,11H2,1-4H3,(H,20,22). The molecule has 0 aliphatic heterocycles. The topological polar surface area (TPSA) is 68.3 Å². The normalized spacial score (nSPS) is 12.0. The zero-order chi connectivity index (χ0) is 17.7. The largest absolute Gasteiger partial charge is 0.452 e. The highest BCUT2D eigenvalue weighted by molar-refractivity contribution is 5.96. The summed E-state index contributed by atoms with van der Waals surface area (Å²) >= 11 is 0. The van der Waals surface area contributed by atoms with Crippen LogP contribution >= 0.6 is 0 Å². The number of esters is 1. The number of hydrogen-bond donors (Lipinski definition) is 1. The third-order valence-electron chi connectivity index (χ3n) is 3.84. The summed E-state index contributed by atoms with van der Waals surface area (Å²) in [6.45, 7) is 7.46. The number of nitrogens with zero attached hydrogens (tertiary/aromatic N) is 1. The van der Waals surface area contributed by atoms with Crippen LogP contribution in [0.25, 0.3) is 10.9 Å². The molecule has 128 valence electrons. The minimum absolute atomic E-state index is 0.0771. The summed E-state index contributed by atoms with van der Waals surface area (Å²) in [6, 6.07) is 7.72. The van der Waals surface area contributed by atoms with E-state index in [1.165, 1.54) is 0 Å². The number of ether oxygens (including phenoxy) is 1. The number of rotatable bonds is 6. The van der Waals surface area contributed by atoms with E-state index in [2.05, 4.69) is 17.2 Å². The number of benzene rings is 1. The van der Waals surface area contributed by atoms with Crippen LogP contribution in [0.2, 0.25) is 0 Å². The van der Waals surface area contributed by atoms with Gasteiger partial charge >= 0.3 is 5.97 Å². The quantitative estimate of drug-likeness (QED) is 0.826. The minimum atomic E-state index is -0.526. The van der Waals surface area contributed by atoms with Gasteiger partial charge in [-0.1, -0.05) is 25.0 Å². The van der Waals surface area contributed by atoms with Gasteiger partial charge in [0.05, 0.1) is 16.8 Å². The maximum absolute atomic E-state index is 12.3. The Morgan fingerprint density at radius 2 is 2.00 bits per heavy atom. The lowest BCUT2D eigenvalue weighted by Gasteiger charge is -2.13. The van der Waals surface area contributed by atoms with Crippen molar-refractivity contribution in [2.75, 3.05) is 6.61 Å². The van der Waals surface area contributed by atoms with Gasteiger partial charge in [0.15, 0.2) is 6.61 Å². The van der Waals surface area contributed by atoms with Crippen molar-refractivity contribution in [3.05, 3.63) is 41.1 Å². The molecule has 1 aromatic carbocycles. The number of nitrogens with one attached hydrogen (secondary N) is 1. The van der Waals surface area contributed by atoms with Crippen LogP contribution in [-0.2, 0) is 9.53 Å². The highest BCUT2D eigenvalue weighted by Gasteiger charge is 2.15. The molecule has 24 heavy (non-hydrogen) atoms. The molecule has 0 radical (unpaired) electrons. The molecule has 1 unspecified atom stereocenters. The highest BCUT2D eigenvalue weighted by Crippen LogP contribution is 2.18. The van der Waals surface area contributed by atoms with E-state index in [9.17, 15) is 9.59 Å². The minimum Gasteiger partial charge on any atom is -0.452 e. The Bertz CT molecular complexity index is 756. The maximum Gasteiger partial charge on any atom is 0.340 e. The van der Waals surface area contributed by atoms with E-state index in [0.717, 1.165) is 29.3 Å². The van der Waals surface area contributed by atoms with E-state index < -0.39 is 5.97 Å². The number of aromatic nitrogens is 1. The second kappa shape index (κ2) is 7.90. The lowest BCUT2D eigenvalue weighted by molar-refractivity contribution is -0.124. The first-order valence-corrected chi connectivity index (χ1v) is 8.25. The zero-order valence-electron chi connectivity index (χ0n) is 14.7. The molecule has 1 N–H and O–H groups in total. The van der Waals surface area contributed by atoms with Gasteiger partial charge in [0.25, 0.3) is 5.91 Å². The molecule has 1 atom stereocenters. The number of pyridine rings is 1. The fourth-order valence-corrected chi connectivity index (χ4v) is 2.63. The first-order valence-electron chi connectivity index (χ1n) is 8.25. The molecule has 0 bridgehead atoms. The molecule has 5 heteroatoms. The molecule has 1 amide bonds. The third-order valence-corrected chi connectivity index (χ3v) is 3.84. The predicted molar refractivity (Wildman–Crippen MR) is 94.0 cm³/mol. The Morgan fingerprint density at radius 3 is 2.71 bits per heavy atom. The summed E-state index contributed by atoms with van der Waals surface area (Å²) in [6.07, 6.45) is 1.88. The Kier molecular flexibility index (Phi) is 5.90. The van der Waals surface area contributed by atoms with Gasteiger partial charge in [0.1, 0.15) is 0 Å². The Morgan fingerprint density at radius 1 is 1.25 bits per heavy atom. The molecule has 0 saturated heterocycles. The molecule has 0 aliphatic rings. The van der Waals surface area contributed by atoms with Gasteiger partial charge in [-0.25, -0.2) is 4.79 Å². The number of amides is 1. The maximum atomic E-state index is 12.3. The number of hydrogen-bond acceptors (Lipinski definition) is 4. The third kappa shape index (κ3) is 4.54. The molecule has 2 aromatic rings. The van der Waals surface area contributed by atoms with Crippen molar-refractivity contribution in [1.29, 1.82) is 0 Å². The van der Waals surface area contributed by atoms with Crippen LogP contribution in [0.15, 0.2) is 24.3 Å². The molecule has 0 fully saturated rings. The second-order valence-corrected chi connectivity index (χ2v) is 6.15. The Hall–Kier alpha value is -2.43. The summed E-state index contributed by atoms with van der Waals surface area (Å²) in [5.74, 6) is -0.812. The van der Waals surface area contributed by atoms with Crippen molar-refractivity contribution >= 4 is 22.8 Å². The van der Waals surface area contributed by atoms with Crippen LogP contribution in [0.4, 0.5) is 0 Å². The smallest absolute Gasteiger partial charge is 0.340 e. The molecule has 2 rings (SSSR count). The summed E-state index contributed by atoms with van der Waals surface area (Å²) in [7, 11) is 0. The van der Waals surface area contributed by atoms with Gasteiger partial charge < -0.3 is 10.1 Å². The monoisotopic (exact) mass is 328 g/mol. The van der Waals surface area contributed by atoms with Gasteiger partial charge in [-0.05, 0) is 45.4 Å². The summed E-state index contributed by atoms with van der Waals surface area (Å²) < 4.78 is 5.14. The van der Waals surface area contributed by atoms with E-state index in [1.54, 1.807) is 13.0 Å². The lowest BCUT2D eigenvalue weighted by Crippen LogP contribution is -2.35. The molecular weight excluding hydrogens is 304 g/mol. The molecular formula is C19H24N2O3. The average Bonchev–Trinajstić information content (AvgIpc) is 2.52. The Labute approximate surface area is 142 Å². The van der Waals surface area contributed by atoms with Crippen LogP contribution in [0.3, 0.4) is 0 Å². The van der Waals surface area contributed by atoms with E-state index in [0.29, 0.717) is 11.3 Å². The fourth-order valence-electron chi connectivity index (χ4n) is 2.63. The van der Waals surface area contributed by atoms with Gasteiger partial charge in [-0.15, -0.1) is 0 Å². The van der Waals surface area contributed by atoms with Crippen LogP contribution in [0, 0.1) is 13.8 Å². The van der Waals surface area contributed by atoms with E-state index in [4.69, 9.17) is 4.74 Å². The number of carbonyl (C=O) groups is 2. The van der Waals surface area contributed by atoms with Gasteiger partial charge in [-0.3, -0.25) is 9.78 Å². The summed E-state index contributed by atoms with van der Waals surface area (Å²) in [5.41, 5.74) is 2.91. The van der Waals surface area contributed by atoms with Crippen LogP contribution in [-0.4, -0.2) is 29.5 Å². The first-order chi connectivity index (χ1) is 11.4. The number of carbonyl (C=O) groups excluding carboxylic acids is 2. The molecule has 1 heterocycles. The molecule has 0 saturated carbocycles. The molecule has 0 aliphatic carbocycles. The fraction of sp³-hybridized carbons (Fsp3) is 0.421. The van der Waals surface area contributed by atoms with E-state index in [1.807, 2.05) is 32.0 Å². The molecule has 0 spiro atoms. The van der Waals surface area contributed by atoms with Gasteiger partial charge in [-0.2, -0.15) is 0 Å². The Balaban J connectivity index is 2.05. The van der Waals surface area contributed by atoms with E-state index in [-0.39, 0.29) is 18.6 Å². The summed E-state index contributed by atoms with van der Waals surface area (Å²) in [5, 5.41) is 3.69. The molecule has 5 nitrogen and oxygen atoms in total. The second-order valence-electron chi connectivity index (χ2n) is 6.15. The van der Waals surface area contributed by atoms with Crippen molar-refractivity contribution in [1.82, 2.24) is 10.3 Å². The van der Waals surface area contributed by atoms with Crippen LogP contribution in [0.5, 0.6) is 0 Å². The number of aryl methyl sites for hydroxylation is 2. The van der Waals surface area contributed by atoms with Crippen molar-refractivity contribution in [3.8, 4) is 0 Å². The predicted octanol–water partition coefficient (Wildman–Crippen LogP) is 3.31. The van der Waals surface area contributed by atoms with Gasteiger partial charge in [0.2, 0.25) is 0 Å². The van der Waals surface area contributed by atoms with Crippen molar-refractivity contribution in [3.63, 3.8) is 0 Å². The number of fused-ring (bicyclic) bond motifs is 1. The highest BCUT2D eigenvalue weighted by atomic mass is 16.5. The zero-order valence-corrected chi connectivity index (χ0v) is 14.7.